The molecule has 0 saturated heterocycles. The minimum absolute atomic E-state index is 0.587. The zero-order chi connectivity index (χ0) is 49.5. The summed E-state index contributed by atoms with van der Waals surface area (Å²) < 4.78 is 13.5. The van der Waals surface area contributed by atoms with Gasteiger partial charge in [0, 0.05) is 44.3 Å². The summed E-state index contributed by atoms with van der Waals surface area (Å²) in [7, 11) is 0. The molecule has 2 aromatic heterocycles. The summed E-state index contributed by atoms with van der Waals surface area (Å²) in [5.41, 5.74) is 21.9. The molecule has 4 heteroatoms. The van der Waals surface area contributed by atoms with Crippen LogP contribution in [0.15, 0.2) is 251 Å². The van der Waals surface area contributed by atoms with E-state index in [2.05, 4.69) is 254 Å². The molecule has 0 bridgehead atoms. The number of aryl methyl sites for hydroxylation is 2. The largest absolute Gasteiger partial charge is 0.454 e. The number of anilines is 6. The minimum Gasteiger partial charge on any atom is -0.454 e. The quantitative estimate of drug-likeness (QED) is 0.166. The number of hydrogen-bond acceptors (Lipinski definition) is 4. The van der Waals surface area contributed by atoms with Gasteiger partial charge in [0.05, 0.1) is 16.8 Å². The lowest BCUT2D eigenvalue weighted by atomic mass is 9.69. The number of rotatable bonds is 6. The van der Waals surface area contributed by atoms with Gasteiger partial charge in [0.1, 0.15) is 11.2 Å². The molecule has 0 saturated carbocycles. The van der Waals surface area contributed by atoms with Gasteiger partial charge in [0.15, 0.2) is 11.2 Å². The Balaban J connectivity index is 0.923. The summed E-state index contributed by atoms with van der Waals surface area (Å²) in [4.78, 5) is 4.72. The van der Waals surface area contributed by atoms with Gasteiger partial charge >= 0.3 is 0 Å². The summed E-state index contributed by atoms with van der Waals surface area (Å²) in [6.07, 6.45) is 0. The number of furan rings is 2. The fourth-order valence-corrected chi connectivity index (χ4v) is 13.0. The molecule has 2 heterocycles. The first-order valence-electron chi connectivity index (χ1n) is 25.9. The Hall–Kier alpha value is -9.64. The first-order chi connectivity index (χ1) is 37.0. The fraction of sp³-hybridized carbons (Fsp3) is 0.0423. The molecule has 14 aromatic rings. The van der Waals surface area contributed by atoms with Crippen LogP contribution in [0, 0.1) is 13.8 Å². The van der Waals surface area contributed by atoms with E-state index < -0.39 is 5.41 Å². The molecular weight excluding hydrogens is 913 g/mol. The molecule has 0 fully saturated rings. The fourth-order valence-electron chi connectivity index (χ4n) is 13.0. The molecule has 4 nitrogen and oxygen atoms in total. The van der Waals surface area contributed by atoms with Crippen LogP contribution in [-0.2, 0) is 5.41 Å². The summed E-state index contributed by atoms with van der Waals surface area (Å²) in [5.74, 6) is 0. The summed E-state index contributed by atoms with van der Waals surface area (Å²) in [6.45, 7) is 4.29. The van der Waals surface area contributed by atoms with Crippen molar-refractivity contribution in [3.05, 3.63) is 276 Å². The van der Waals surface area contributed by atoms with Gasteiger partial charge < -0.3 is 18.6 Å². The second-order valence-electron chi connectivity index (χ2n) is 20.5. The van der Waals surface area contributed by atoms with Crippen molar-refractivity contribution in [2.24, 2.45) is 0 Å². The first kappa shape index (κ1) is 41.9. The molecule has 0 amide bonds. The first-order valence-corrected chi connectivity index (χ1v) is 25.9. The Bertz CT molecular complexity index is 4650. The van der Waals surface area contributed by atoms with Gasteiger partial charge in [-0.25, -0.2) is 0 Å². The molecule has 0 aliphatic heterocycles. The van der Waals surface area contributed by atoms with Crippen LogP contribution in [0.2, 0.25) is 0 Å². The van der Waals surface area contributed by atoms with Crippen molar-refractivity contribution < 1.29 is 8.83 Å². The number of para-hydroxylation sites is 4. The highest BCUT2D eigenvalue weighted by Crippen LogP contribution is 2.65. The predicted molar refractivity (Wildman–Crippen MR) is 311 cm³/mol. The Kier molecular flexibility index (Phi) is 8.77. The highest BCUT2D eigenvalue weighted by molar-refractivity contribution is 6.13. The predicted octanol–water partition coefficient (Wildman–Crippen LogP) is 19.7. The minimum atomic E-state index is -0.587. The molecule has 0 atom stereocenters. The van der Waals surface area contributed by atoms with Gasteiger partial charge in [0.2, 0.25) is 0 Å². The van der Waals surface area contributed by atoms with E-state index in [1.807, 2.05) is 12.1 Å². The van der Waals surface area contributed by atoms with Crippen LogP contribution in [-0.4, -0.2) is 0 Å². The zero-order valence-electron chi connectivity index (χ0n) is 41.3. The van der Waals surface area contributed by atoms with Crippen molar-refractivity contribution in [1.29, 1.82) is 0 Å². The topological polar surface area (TPSA) is 32.8 Å². The normalized spacial score (nSPS) is 13.0. The third-order valence-electron chi connectivity index (χ3n) is 16.3. The average molecular weight is 959 g/mol. The van der Waals surface area contributed by atoms with Crippen LogP contribution >= 0.6 is 0 Å². The molecular formula is C71H46N2O2. The smallest absolute Gasteiger partial charge is 0.159 e. The Labute approximate surface area is 433 Å². The van der Waals surface area contributed by atoms with E-state index in [1.165, 1.54) is 77.2 Å². The second-order valence-corrected chi connectivity index (χ2v) is 20.5. The second kappa shape index (κ2) is 15.7. The van der Waals surface area contributed by atoms with E-state index in [1.54, 1.807) is 0 Å². The Morgan fingerprint density at radius 1 is 0.307 bits per heavy atom. The highest BCUT2D eigenvalue weighted by atomic mass is 16.3. The van der Waals surface area contributed by atoms with Crippen LogP contribution in [0.1, 0.15) is 33.4 Å². The van der Waals surface area contributed by atoms with Crippen LogP contribution in [0.5, 0.6) is 0 Å². The van der Waals surface area contributed by atoms with Gasteiger partial charge in [-0.3, -0.25) is 0 Å². The van der Waals surface area contributed by atoms with E-state index in [0.717, 1.165) is 78.0 Å². The van der Waals surface area contributed by atoms with Crippen molar-refractivity contribution in [2.75, 3.05) is 9.80 Å². The summed E-state index contributed by atoms with van der Waals surface area (Å²) in [6, 6.07) is 89.3. The lowest BCUT2D eigenvalue weighted by Crippen LogP contribution is -2.26. The van der Waals surface area contributed by atoms with E-state index in [-0.39, 0.29) is 0 Å². The lowest BCUT2D eigenvalue weighted by Gasteiger charge is -2.32. The monoisotopic (exact) mass is 958 g/mol. The van der Waals surface area contributed by atoms with Gasteiger partial charge in [0.25, 0.3) is 0 Å². The highest BCUT2D eigenvalue weighted by Gasteiger charge is 2.52. The molecule has 2 aliphatic rings. The maximum atomic E-state index is 6.73. The van der Waals surface area contributed by atoms with Gasteiger partial charge in [-0.05, 0) is 165 Å². The summed E-state index contributed by atoms with van der Waals surface area (Å²) in [5, 5.41) is 9.20. The van der Waals surface area contributed by atoms with Crippen LogP contribution in [0.3, 0.4) is 0 Å². The van der Waals surface area contributed by atoms with Gasteiger partial charge in [-0.1, -0.05) is 169 Å². The van der Waals surface area contributed by atoms with Crippen LogP contribution in [0.25, 0.3) is 87.7 Å². The standard InChI is InChI=1S/C71H46N2O2/c1-43-25-31-48(32-26-43)72(64-21-11-17-58-55-15-5-9-23-66(55)74-69(58)64)50-35-29-45-41-60-57-37-30-46-39-51(73(49-33-27-44(2)28-34-49)65-22-12-18-59-56-16-6-10-24-67(56)75-70(59)65)36-38-52(46)68(57)71(63(60)42-47(45)40-50)61-19-7-3-13-53(61)54-14-4-8-20-62(54)71/h3-42H,1-2H3. The van der Waals surface area contributed by atoms with Gasteiger partial charge in [-0.15, -0.1) is 0 Å². The van der Waals surface area contributed by atoms with Crippen molar-refractivity contribution in [3.63, 3.8) is 0 Å². The SMILES string of the molecule is Cc1ccc(N(c2ccc3cc4c(cc3c2)C2(c3ccccc3-c3ccccc32)c2c-4ccc3cc(N(c4ccc(C)cc4)c4cccc5c4oc4ccccc45)ccc23)c2cccc3c2oc2ccccc23)cc1. The molecule has 0 radical (unpaired) electrons. The molecule has 16 rings (SSSR count). The molecule has 352 valence electrons. The maximum absolute atomic E-state index is 6.73. The molecule has 0 N–H and O–H groups in total. The lowest BCUT2D eigenvalue weighted by molar-refractivity contribution is 0.668. The van der Waals surface area contributed by atoms with Crippen molar-refractivity contribution in [2.45, 2.75) is 19.3 Å². The molecule has 75 heavy (non-hydrogen) atoms. The number of benzene rings is 12. The zero-order valence-corrected chi connectivity index (χ0v) is 41.3. The Morgan fingerprint density at radius 3 is 1.37 bits per heavy atom. The Morgan fingerprint density at radius 2 is 0.787 bits per heavy atom. The van der Waals surface area contributed by atoms with E-state index in [4.69, 9.17) is 8.83 Å². The molecule has 0 unspecified atom stereocenters. The maximum Gasteiger partial charge on any atom is 0.159 e. The van der Waals surface area contributed by atoms with Crippen molar-refractivity contribution in [3.8, 4) is 22.3 Å². The van der Waals surface area contributed by atoms with Crippen LogP contribution in [0.4, 0.5) is 34.1 Å². The molecule has 12 aromatic carbocycles. The molecule has 2 aliphatic carbocycles. The van der Waals surface area contributed by atoms with Crippen molar-refractivity contribution in [1.82, 2.24) is 0 Å². The summed E-state index contributed by atoms with van der Waals surface area (Å²) >= 11 is 0. The number of nitrogens with zero attached hydrogens (tertiary/aromatic N) is 2. The average Bonchev–Trinajstić information content (AvgIpc) is 4.38. The van der Waals surface area contributed by atoms with E-state index in [9.17, 15) is 0 Å². The third kappa shape index (κ3) is 5.93. The van der Waals surface area contributed by atoms with Crippen molar-refractivity contribution >= 4 is 99.5 Å². The van der Waals surface area contributed by atoms with Gasteiger partial charge in [-0.2, -0.15) is 0 Å². The van der Waals surface area contributed by atoms with E-state index in [0.29, 0.717) is 0 Å². The van der Waals surface area contributed by atoms with Crippen LogP contribution < -0.4 is 9.80 Å². The number of fused-ring (bicyclic) bond motifs is 19. The third-order valence-corrected chi connectivity index (χ3v) is 16.3. The number of hydrogen-bond donors (Lipinski definition) is 0. The molecule has 1 spiro atoms. The van der Waals surface area contributed by atoms with E-state index >= 15 is 0 Å².